The van der Waals surface area contributed by atoms with Crippen LogP contribution in [-0.4, -0.2) is 90.0 Å². The van der Waals surface area contributed by atoms with Crippen molar-refractivity contribution < 1.29 is 42.6 Å². The Balaban J connectivity index is 1.13. The number of hydrogen-bond donors (Lipinski definition) is 4. The number of anilines is 1. The molecule has 2 heterocycles. The highest BCUT2D eigenvalue weighted by molar-refractivity contribution is 7.99. The van der Waals surface area contributed by atoms with E-state index in [2.05, 4.69) is 5.32 Å². The average Bonchev–Trinajstić information content (AvgIpc) is 3.54. The monoisotopic (exact) mass is 815 g/mol. The molecule has 17 heteroatoms. The van der Waals surface area contributed by atoms with Gasteiger partial charge in [-0.1, -0.05) is 42.5 Å². The van der Waals surface area contributed by atoms with Crippen LogP contribution in [0, 0.1) is 10.1 Å². The Morgan fingerprint density at radius 3 is 2.32 bits per heavy atom. The number of aryl methyl sites for hydroxylation is 1. The highest BCUT2D eigenvalue weighted by atomic mass is 32.2. The Bertz CT molecular complexity index is 2310. The first-order valence-electron chi connectivity index (χ1n) is 17.9. The molecule has 0 aliphatic carbocycles. The molecule has 1 aliphatic rings. The quantitative estimate of drug-likeness (QED) is 0.0541. The molecule has 4 N–H and O–H groups in total. The third-order valence-corrected chi connectivity index (χ3v) is 11.8. The third-order valence-electron chi connectivity index (χ3n) is 9.31. The normalized spacial score (nSPS) is 13.5. The minimum absolute atomic E-state index is 0.00407. The standard InChI is InChI=1S/C40H41N5O10S2/c1-54-36-23-27(8-16-37(46)43-19-21-55-22-20-43)7-14-33(36)28-9-11-29(12-10-28)40(49)42-57(52,53)32-13-15-34(35(24-32)45(50)51)41-30(25-44-38(47)17-18-39(44)48)26-56-31-5-3-2-4-6-31/h2-7,9-15,17-18,23-24,30,41,47-48H,8,16,19-22,25-26H2,1H3,(H,42,49)/t30-/m1/s1. The number of hydrogen-bond acceptors (Lipinski definition) is 12. The summed E-state index contributed by atoms with van der Waals surface area (Å²) in [7, 11) is -3.03. The maximum absolute atomic E-state index is 13.4. The number of benzene rings is 4. The number of sulfonamides is 1. The number of aromatic hydroxyl groups is 2. The fourth-order valence-electron chi connectivity index (χ4n) is 6.27. The molecule has 0 spiro atoms. The van der Waals surface area contributed by atoms with Gasteiger partial charge in [-0.2, -0.15) is 0 Å². The van der Waals surface area contributed by atoms with Gasteiger partial charge in [-0.3, -0.25) is 24.3 Å². The largest absolute Gasteiger partial charge is 0.496 e. The maximum atomic E-state index is 13.4. The summed E-state index contributed by atoms with van der Waals surface area (Å²) in [5.74, 6) is -0.370. The van der Waals surface area contributed by atoms with Gasteiger partial charge < -0.3 is 29.9 Å². The van der Waals surface area contributed by atoms with Crippen molar-refractivity contribution >= 4 is 45.0 Å². The van der Waals surface area contributed by atoms with Gasteiger partial charge in [0.2, 0.25) is 5.91 Å². The number of methoxy groups -OCH3 is 1. The molecule has 0 saturated carbocycles. The summed E-state index contributed by atoms with van der Waals surface area (Å²) >= 11 is 1.44. The lowest BCUT2D eigenvalue weighted by Gasteiger charge is -2.26. The van der Waals surface area contributed by atoms with E-state index < -0.39 is 37.5 Å². The number of amides is 2. The molecule has 5 aromatic rings. The molecule has 57 heavy (non-hydrogen) atoms. The van der Waals surface area contributed by atoms with Crippen LogP contribution in [0.1, 0.15) is 22.3 Å². The van der Waals surface area contributed by atoms with Gasteiger partial charge in [-0.25, -0.2) is 13.1 Å². The fourth-order valence-corrected chi connectivity index (χ4v) is 8.20. The van der Waals surface area contributed by atoms with Crippen molar-refractivity contribution in [3.8, 4) is 28.6 Å². The van der Waals surface area contributed by atoms with Crippen LogP contribution in [0.4, 0.5) is 11.4 Å². The lowest BCUT2D eigenvalue weighted by atomic mass is 9.99. The molecule has 15 nitrogen and oxygen atoms in total. The summed E-state index contributed by atoms with van der Waals surface area (Å²) in [5.41, 5.74) is 1.81. The van der Waals surface area contributed by atoms with Gasteiger partial charge >= 0.3 is 0 Å². The van der Waals surface area contributed by atoms with Crippen molar-refractivity contribution in [2.45, 2.75) is 35.2 Å². The summed E-state index contributed by atoms with van der Waals surface area (Å²) in [4.78, 5) is 39.5. The number of carbonyl (C=O) groups excluding carboxylic acids is 2. The Hall–Kier alpha value is -6.04. The minimum atomic E-state index is -4.56. The van der Waals surface area contributed by atoms with E-state index in [1.165, 1.54) is 53.8 Å². The molecule has 2 amide bonds. The third kappa shape index (κ3) is 10.2. The van der Waals surface area contributed by atoms with Crippen molar-refractivity contribution in [2.75, 3.05) is 44.5 Å². The van der Waals surface area contributed by atoms with Crippen LogP contribution >= 0.6 is 11.8 Å². The molecule has 298 valence electrons. The number of aromatic nitrogens is 1. The Morgan fingerprint density at radius 2 is 1.65 bits per heavy atom. The second-order valence-corrected chi connectivity index (χ2v) is 15.9. The van der Waals surface area contributed by atoms with E-state index in [4.69, 9.17) is 9.47 Å². The summed E-state index contributed by atoms with van der Waals surface area (Å²) in [6.07, 6.45) is 0.883. The highest BCUT2D eigenvalue weighted by Gasteiger charge is 2.26. The number of nitro groups is 1. The van der Waals surface area contributed by atoms with E-state index in [0.717, 1.165) is 28.2 Å². The molecule has 0 unspecified atom stereocenters. The van der Waals surface area contributed by atoms with Crippen LogP contribution < -0.4 is 14.8 Å². The van der Waals surface area contributed by atoms with Crippen LogP contribution in [-0.2, 0) is 32.5 Å². The average molecular weight is 816 g/mol. The van der Waals surface area contributed by atoms with E-state index in [-0.39, 0.29) is 35.5 Å². The fraction of sp³-hybridized carbons (Fsp3) is 0.250. The van der Waals surface area contributed by atoms with E-state index in [1.807, 2.05) is 53.3 Å². The van der Waals surface area contributed by atoms with Crippen LogP contribution in [0.5, 0.6) is 17.5 Å². The summed E-state index contributed by atoms with van der Waals surface area (Å²) in [5, 5.41) is 35.8. The lowest BCUT2D eigenvalue weighted by molar-refractivity contribution is -0.384. The van der Waals surface area contributed by atoms with Crippen molar-refractivity contribution in [1.82, 2.24) is 14.2 Å². The van der Waals surface area contributed by atoms with Crippen molar-refractivity contribution in [2.24, 2.45) is 0 Å². The van der Waals surface area contributed by atoms with Gasteiger partial charge in [-0.05, 0) is 60.0 Å². The molecular weight excluding hydrogens is 775 g/mol. The maximum Gasteiger partial charge on any atom is 0.293 e. The zero-order valence-electron chi connectivity index (χ0n) is 30.9. The Morgan fingerprint density at radius 1 is 0.947 bits per heavy atom. The predicted octanol–water partition coefficient (Wildman–Crippen LogP) is 5.67. The van der Waals surface area contributed by atoms with Gasteiger partial charge in [0.1, 0.15) is 11.4 Å². The summed E-state index contributed by atoms with van der Waals surface area (Å²) in [6, 6.07) is 26.5. The molecular formula is C40H41N5O10S2. The number of nitrogens with zero attached hydrogens (tertiary/aromatic N) is 3. The zero-order chi connectivity index (χ0) is 40.5. The molecule has 0 radical (unpaired) electrons. The first kappa shape index (κ1) is 40.6. The van der Waals surface area contributed by atoms with Crippen molar-refractivity contribution in [1.29, 1.82) is 0 Å². The van der Waals surface area contributed by atoms with Crippen LogP contribution in [0.3, 0.4) is 0 Å². The number of thioether (sulfide) groups is 1. The van der Waals surface area contributed by atoms with E-state index in [0.29, 0.717) is 56.2 Å². The lowest BCUT2D eigenvalue weighted by Crippen LogP contribution is -2.40. The van der Waals surface area contributed by atoms with E-state index in [9.17, 15) is 38.3 Å². The molecule has 0 bridgehead atoms. The van der Waals surface area contributed by atoms with Gasteiger partial charge in [-0.15, -0.1) is 11.8 Å². The van der Waals surface area contributed by atoms with Gasteiger partial charge in [0.05, 0.1) is 36.2 Å². The Kier molecular flexibility index (Phi) is 13.0. The first-order chi connectivity index (χ1) is 27.4. The minimum Gasteiger partial charge on any atom is -0.496 e. The number of nitro benzene ring substituents is 1. The summed E-state index contributed by atoms with van der Waals surface area (Å²) in [6.45, 7) is 2.27. The number of ether oxygens (including phenoxy) is 2. The number of morpholine rings is 1. The molecule has 1 aromatic heterocycles. The smallest absolute Gasteiger partial charge is 0.293 e. The van der Waals surface area contributed by atoms with E-state index >= 15 is 0 Å². The Labute approximate surface area is 333 Å². The highest BCUT2D eigenvalue weighted by Crippen LogP contribution is 2.33. The number of nitrogens with one attached hydrogen (secondary N) is 2. The zero-order valence-corrected chi connectivity index (χ0v) is 32.5. The predicted molar refractivity (Wildman–Crippen MR) is 214 cm³/mol. The second kappa shape index (κ2) is 18.3. The molecule has 1 atom stereocenters. The molecule has 1 saturated heterocycles. The van der Waals surface area contributed by atoms with Gasteiger partial charge in [0, 0.05) is 66.0 Å². The molecule has 1 fully saturated rings. The van der Waals surface area contributed by atoms with Crippen LogP contribution in [0.15, 0.2) is 113 Å². The van der Waals surface area contributed by atoms with Crippen LogP contribution in [0.25, 0.3) is 11.1 Å². The van der Waals surface area contributed by atoms with Crippen molar-refractivity contribution in [3.63, 3.8) is 0 Å². The molecule has 1 aliphatic heterocycles. The van der Waals surface area contributed by atoms with Crippen LogP contribution in [0.2, 0.25) is 0 Å². The summed E-state index contributed by atoms with van der Waals surface area (Å²) < 4.78 is 40.9. The van der Waals surface area contributed by atoms with Gasteiger partial charge in [0.25, 0.3) is 21.6 Å². The topological polar surface area (TPSA) is 203 Å². The second-order valence-electron chi connectivity index (χ2n) is 13.1. The first-order valence-corrected chi connectivity index (χ1v) is 20.4. The SMILES string of the molecule is COc1cc(CCC(=O)N2CCOCC2)ccc1-c1ccc(C(=O)NS(=O)(=O)c2ccc(N[C@@H](CSc3ccccc3)Cn3c(O)ccc3O)c([N+](=O)[O-])c2)cc1. The number of carbonyl (C=O) groups is 2. The number of rotatable bonds is 16. The van der Waals surface area contributed by atoms with Gasteiger partial charge in [0.15, 0.2) is 11.8 Å². The van der Waals surface area contributed by atoms with Crippen molar-refractivity contribution in [3.05, 3.63) is 124 Å². The van der Waals surface area contributed by atoms with E-state index in [1.54, 1.807) is 17.0 Å². The molecule has 4 aromatic carbocycles. The molecule has 6 rings (SSSR count).